The molecule has 5 nitrogen and oxygen atoms in total. The molecule has 0 radical (unpaired) electrons. The van der Waals surface area contributed by atoms with Crippen LogP contribution in [0, 0.1) is 11.3 Å². The van der Waals surface area contributed by atoms with Gasteiger partial charge in [0.2, 0.25) is 5.91 Å². The summed E-state index contributed by atoms with van der Waals surface area (Å²) in [5, 5.41) is 16.9. The Morgan fingerprint density at radius 3 is 2.56 bits per heavy atom. The van der Waals surface area contributed by atoms with E-state index in [1.807, 2.05) is 6.07 Å². The van der Waals surface area contributed by atoms with Gasteiger partial charge in [-0.1, -0.05) is 0 Å². The zero-order valence-electron chi connectivity index (χ0n) is 9.19. The van der Waals surface area contributed by atoms with Gasteiger partial charge in [0.05, 0.1) is 12.5 Å². The Morgan fingerprint density at radius 1 is 1.38 bits per heavy atom. The van der Waals surface area contributed by atoms with E-state index in [9.17, 15) is 9.59 Å². The molecule has 1 aliphatic carbocycles. The Hall–Kier alpha value is -1.57. The number of carboxylic acid groups (broad SMARTS) is 1. The summed E-state index contributed by atoms with van der Waals surface area (Å²) in [6.07, 6.45) is 3.05. The van der Waals surface area contributed by atoms with Crippen molar-refractivity contribution in [2.45, 2.75) is 44.6 Å². The van der Waals surface area contributed by atoms with Crippen molar-refractivity contribution in [1.82, 2.24) is 4.90 Å². The van der Waals surface area contributed by atoms with Crippen molar-refractivity contribution < 1.29 is 14.7 Å². The van der Waals surface area contributed by atoms with Crippen LogP contribution in [0.4, 0.5) is 0 Å². The lowest BCUT2D eigenvalue weighted by molar-refractivity contribution is -0.137. The summed E-state index contributed by atoms with van der Waals surface area (Å²) in [5.41, 5.74) is 0. The minimum absolute atomic E-state index is 0.0148. The van der Waals surface area contributed by atoms with Crippen LogP contribution < -0.4 is 0 Å². The van der Waals surface area contributed by atoms with E-state index in [0.29, 0.717) is 25.4 Å². The van der Waals surface area contributed by atoms with E-state index in [-0.39, 0.29) is 18.7 Å². The first kappa shape index (κ1) is 12.5. The van der Waals surface area contributed by atoms with Crippen LogP contribution in [-0.2, 0) is 9.59 Å². The lowest BCUT2D eigenvalue weighted by Gasteiger charge is -2.20. The van der Waals surface area contributed by atoms with Gasteiger partial charge in [-0.15, -0.1) is 0 Å². The molecule has 0 spiro atoms. The van der Waals surface area contributed by atoms with Crippen LogP contribution in [0.25, 0.3) is 0 Å². The molecule has 0 aliphatic heterocycles. The molecule has 0 atom stereocenters. The van der Waals surface area contributed by atoms with Crippen LogP contribution in [0.15, 0.2) is 0 Å². The normalized spacial score (nSPS) is 14.2. The number of aliphatic carboxylic acids is 1. The predicted octanol–water partition coefficient (Wildman–Crippen LogP) is 1.15. The first-order valence-electron chi connectivity index (χ1n) is 5.53. The second kappa shape index (κ2) is 6.11. The number of carbonyl (C=O) groups excluding carboxylic acids is 1. The van der Waals surface area contributed by atoms with Gasteiger partial charge in [-0.25, -0.2) is 0 Å². The van der Waals surface area contributed by atoms with E-state index >= 15 is 0 Å². The highest BCUT2D eigenvalue weighted by Gasteiger charge is 2.31. The topological polar surface area (TPSA) is 81.4 Å². The molecule has 1 N–H and O–H groups in total. The molecule has 1 saturated carbocycles. The molecule has 0 aromatic carbocycles. The molecule has 0 heterocycles. The lowest BCUT2D eigenvalue weighted by atomic mass is 10.2. The van der Waals surface area contributed by atoms with E-state index in [1.54, 1.807) is 4.90 Å². The second-order valence-electron chi connectivity index (χ2n) is 3.97. The fourth-order valence-electron chi connectivity index (χ4n) is 1.60. The molecule has 0 aromatic heterocycles. The smallest absolute Gasteiger partial charge is 0.303 e. The first-order chi connectivity index (χ1) is 7.65. The van der Waals surface area contributed by atoms with Crippen molar-refractivity contribution in [3.05, 3.63) is 0 Å². The van der Waals surface area contributed by atoms with Crippen molar-refractivity contribution >= 4 is 11.9 Å². The maximum absolute atomic E-state index is 11.7. The third kappa shape index (κ3) is 4.30. The van der Waals surface area contributed by atoms with E-state index < -0.39 is 5.97 Å². The fraction of sp³-hybridized carbons (Fsp3) is 0.727. The quantitative estimate of drug-likeness (QED) is 0.703. The summed E-state index contributed by atoms with van der Waals surface area (Å²) >= 11 is 0. The minimum atomic E-state index is -0.872. The minimum Gasteiger partial charge on any atom is -0.481 e. The summed E-state index contributed by atoms with van der Waals surface area (Å²) in [6.45, 7) is 0.479. The van der Waals surface area contributed by atoms with Gasteiger partial charge in [0.1, 0.15) is 0 Å². The van der Waals surface area contributed by atoms with Gasteiger partial charge in [0.15, 0.2) is 0 Å². The summed E-state index contributed by atoms with van der Waals surface area (Å²) < 4.78 is 0. The van der Waals surface area contributed by atoms with Crippen molar-refractivity contribution in [3.8, 4) is 6.07 Å². The lowest BCUT2D eigenvalue weighted by Crippen LogP contribution is -2.33. The molecule has 1 rings (SSSR count). The summed E-state index contributed by atoms with van der Waals surface area (Å²) in [4.78, 5) is 23.8. The van der Waals surface area contributed by atoms with E-state index in [0.717, 1.165) is 12.8 Å². The van der Waals surface area contributed by atoms with Crippen molar-refractivity contribution in [1.29, 1.82) is 5.26 Å². The second-order valence-corrected chi connectivity index (χ2v) is 3.97. The molecule has 0 saturated heterocycles. The molecule has 16 heavy (non-hydrogen) atoms. The van der Waals surface area contributed by atoms with E-state index in [4.69, 9.17) is 10.4 Å². The van der Waals surface area contributed by atoms with Crippen molar-refractivity contribution in [2.75, 3.05) is 6.54 Å². The Balaban J connectivity index is 2.30. The summed E-state index contributed by atoms with van der Waals surface area (Å²) in [6, 6.07) is 2.32. The Kier molecular flexibility index (Phi) is 4.77. The standard InChI is InChI=1S/C11H16N2O3/c12-7-2-8-13(9-5-6-9)10(14)3-1-4-11(15)16/h9H,1-6,8H2,(H,15,16). The number of nitrogens with zero attached hydrogens (tertiary/aromatic N) is 2. The van der Waals surface area contributed by atoms with Gasteiger partial charge in [-0.2, -0.15) is 5.26 Å². The predicted molar refractivity (Wildman–Crippen MR) is 56.5 cm³/mol. The van der Waals surface area contributed by atoms with E-state index in [1.165, 1.54) is 0 Å². The number of carboxylic acids is 1. The average Bonchev–Trinajstić information content (AvgIpc) is 3.02. The summed E-state index contributed by atoms with van der Waals surface area (Å²) in [7, 11) is 0. The third-order valence-electron chi connectivity index (χ3n) is 2.55. The Bertz CT molecular complexity index is 305. The van der Waals surface area contributed by atoms with Gasteiger partial charge in [0.25, 0.3) is 0 Å². The van der Waals surface area contributed by atoms with Gasteiger partial charge in [-0.05, 0) is 19.3 Å². The first-order valence-corrected chi connectivity index (χ1v) is 5.53. The molecule has 0 unspecified atom stereocenters. The Labute approximate surface area is 94.7 Å². The van der Waals surface area contributed by atoms with Gasteiger partial charge in [0, 0.05) is 25.4 Å². The van der Waals surface area contributed by atoms with Crippen LogP contribution in [-0.4, -0.2) is 34.5 Å². The van der Waals surface area contributed by atoms with Crippen molar-refractivity contribution in [2.24, 2.45) is 0 Å². The number of carbonyl (C=O) groups is 2. The van der Waals surface area contributed by atoms with Crippen molar-refractivity contribution in [3.63, 3.8) is 0 Å². The van der Waals surface area contributed by atoms with Crippen LogP contribution in [0.1, 0.15) is 38.5 Å². The third-order valence-corrected chi connectivity index (χ3v) is 2.55. The SMILES string of the molecule is N#CCCN(C(=O)CCCC(=O)O)C1CC1. The molecule has 5 heteroatoms. The number of rotatable bonds is 7. The van der Waals surface area contributed by atoms with Crippen LogP contribution in [0.2, 0.25) is 0 Å². The zero-order chi connectivity index (χ0) is 12.0. The number of nitriles is 1. The molecule has 0 bridgehead atoms. The molecule has 1 fully saturated rings. The van der Waals surface area contributed by atoms with Gasteiger partial charge in [-0.3, -0.25) is 9.59 Å². The summed E-state index contributed by atoms with van der Waals surface area (Å²) in [5.74, 6) is -0.887. The highest BCUT2D eigenvalue weighted by atomic mass is 16.4. The largest absolute Gasteiger partial charge is 0.481 e. The fourth-order valence-corrected chi connectivity index (χ4v) is 1.60. The molecular formula is C11H16N2O3. The van der Waals surface area contributed by atoms with Gasteiger partial charge >= 0.3 is 5.97 Å². The number of amides is 1. The van der Waals surface area contributed by atoms with E-state index in [2.05, 4.69) is 0 Å². The molecule has 0 aromatic rings. The highest BCUT2D eigenvalue weighted by molar-refractivity contribution is 5.77. The number of hydrogen-bond acceptors (Lipinski definition) is 3. The molecule has 1 amide bonds. The Morgan fingerprint density at radius 2 is 2.06 bits per heavy atom. The van der Waals surface area contributed by atoms with Gasteiger partial charge < -0.3 is 10.0 Å². The molecular weight excluding hydrogens is 208 g/mol. The van der Waals surface area contributed by atoms with Crippen LogP contribution in [0.3, 0.4) is 0 Å². The maximum Gasteiger partial charge on any atom is 0.303 e. The van der Waals surface area contributed by atoms with Crippen LogP contribution >= 0.6 is 0 Å². The number of hydrogen-bond donors (Lipinski definition) is 1. The zero-order valence-corrected chi connectivity index (χ0v) is 9.19. The maximum atomic E-state index is 11.7. The molecule has 1 aliphatic rings. The monoisotopic (exact) mass is 224 g/mol. The molecule has 88 valence electrons. The average molecular weight is 224 g/mol. The highest BCUT2D eigenvalue weighted by Crippen LogP contribution is 2.27. The van der Waals surface area contributed by atoms with Crippen LogP contribution in [0.5, 0.6) is 0 Å².